The Morgan fingerprint density at radius 1 is 0.958 bits per heavy atom. The first-order chi connectivity index (χ1) is 11.0. The zero-order valence-electron chi connectivity index (χ0n) is 13.6. The van der Waals surface area contributed by atoms with E-state index in [2.05, 4.69) is 4.72 Å². The molecule has 0 bridgehead atoms. The summed E-state index contributed by atoms with van der Waals surface area (Å²) in [4.78, 5) is 0.274. The molecule has 24 heavy (non-hydrogen) atoms. The highest BCUT2D eigenvalue weighted by Gasteiger charge is 2.13. The van der Waals surface area contributed by atoms with Crippen molar-refractivity contribution in [2.45, 2.75) is 17.7 Å². The van der Waals surface area contributed by atoms with Crippen LogP contribution in [-0.2, 0) is 27.6 Å². The summed E-state index contributed by atoms with van der Waals surface area (Å²) >= 11 is 0. The molecular formula is C17H23ClN2O3S. The summed E-state index contributed by atoms with van der Waals surface area (Å²) in [5, 5.41) is 0. The van der Waals surface area contributed by atoms with Crippen LogP contribution in [0.1, 0.15) is 11.1 Å². The molecular weight excluding hydrogens is 348 g/mol. The summed E-state index contributed by atoms with van der Waals surface area (Å²) in [5.74, 6) is 0. The lowest BCUT2D eigenvalue weighted by atomic mass is 10.1. The quantitative estimate of drug-likeness (QED) is 0.699. The van der Waals surface area contributed by atoms with Crippen molar-refractivity contribution in [3.8, 4) is 0 Å². The Labute approximate surface area is 149 Å². The highest BCUT2D eigenvalue weighted by molar-refractivity contribution is 7.89. The van der Waals surface area contributed by atoms with Crippen molar-refractivity contribution < 1.29 is 13.2 Å². The summed E-state index contributed by atoms with van der Waals surface area (Å²) in [5.41, 5.74) is 8.41. The molecule has 0 unspecified atom stereocenters. The van der Waals surface area contributed by atoms with E-state index in [0.29, 0.717) is 25.3 Å². The highest BCUT2D eigenvalue weighted by Crippen LogP contribution is 2.11. The van der Waals surface area contributed by atoms with Gasteiger partial charge in [-0.15, -0.1) is 12.4 Å². The number of sulfonamides is 1. The van der Waals surface area contributed by atoms with E-state index < -0.39 is 10.0 Å². The molecule has 0 aliphatic carbocycles. The Morgan fingerprint density at radius 3 is 2.08 bits per heavy atom. The predicted molar refractivity (Wildman–Crippen MR) is 99.0 cm³/mol. The number of anilines is 1. The van der Waals surface area contributed by atoms with Crippen molar-refractivity contribution in [2.24, 2.45) is 0 Å². The molecule has 7 heteroatoms. The van der Waals surface area contributed by atoms with Crippen LogP contribution >= 0.6 is 12.4 Å². The normalized spacial score (nSPS) is 11.0. The second-order valence-corrected chi connectivity index (χ2v) is 7.04. The fourth-order valence-corrected chi connectivity index (χ4v) is 3.18. The van der Waals surface area contributed by atoms with Crippen molar-refractivity contribution in [2.75, 3.05) is 26.0 Å². The lowest BCUT2D eigenvalue weighted by Gasteiger charge is -2.08. The van der Waals surface area contributed by atoms with Gasteiger partial charge in [-0.1, -0.05) is 24.3 Å². The summed E-state index contributed by atoms with van der Waals surface area (Å²) < 4.78 is 32.1. The van der Waals surface area contributed by atoms with Crippen LogP contribution in [0, 0.1) is 0 Å². The molecule has 0 saturated carbocycles. The van der Waals surface area contributed by atoms with Crippen molar-refractivity contribution in [1.29, 1.82) is 0 Å². The SMILES string of the molecule is COCCc1ccc(S(=O)(=O)NCCc2ccc(N)cc2)cc1.Cl. The van der Waals surface area contributed by atoms with Gasteiger partial charge in [0.2, 0.25) is 10.0 Å². The Morgan fingerprint density at radius 2 is 1.50 bits per heavy atom. The lowest BCUT2D eigenvalue weighted by Crippen LogP contribution is -2.26. The number of nitrogens with one attached hydrogen (secondary N) is 1. The molecule has 5 nitrogen and oxygen atoms in total. The summed E-state index contributed by atoms with van der Waals surface area (Å²) in [6, 6.07) is 14.3. The number of hydrogen-bond acceptors (Lipinski definition) is 4. The van der Waals surface area contributed by atoms with Crippen LogP contribution in [0.4, 0.5) is 5.69 Å². The third kappa shape index (κ3) is 6.13. The zero-order valence-corrected chi connectivity index (χ0v) is 15.2. The van der Waals surface area contributed by atoms with Gasteiger partial charge in [-0.2, -0.15) is 0 Å². The average Bonchev–Trinajstić information content (AvgIpc) is 2.55. The monoisotopic (exact) mass is 370 g/mol. The molecule has 132 valence electrons. The van der Waals surface area contributed by atoms with Gasteiger partial charge in [0.15, 0.2) is 0 Å². The topological polar surface area (TPSA) is 81.4 Å². The van der Waals surface area contributed by atoms with E-state index in [4.69, 9.17) is 10.5 Å². The molecule has 0 aliphatic rings. The third-order valence-corrected chi connectivity index (χ3v) is 4.99. The van der Waals surface area contributed by atoms with Crippen LogP contribution in [0.15, 0.2) is 53.4 Å². The van der Waals surface area contributed by atoms with Crippen LogP contribution in [0.5, 0.6) is 0 Å². The van der Waals surface area contributed by atoms with Crippen LogP contribution in [0.25, 0.3) is 0 Å². The first kappa shape index (κ1) is 20.4. The molecule has 0 aromatic heterocycles. The molecule has 2 aromatic carbocycles. The smallest absolute Gasteiger partial charge is 0.240 e. The molecule has 0 spiro atoms. The fraction of sp³-hybridized carbons (Fsp3) is 0.294. The Bertz CT molecular complexity index is 717. The van der Waals surface area contributed by atoms with E-state index in [0.717, 1.165) is 17.5 Å². The van der Waals surface area contributed by atoms with E-state index in [1.807, 2.05) is 36.4 Å². The predicted octanol–water partition coefficient (Wildman–Crippen LogP) is 2.40. The lowest BCUT2D eigenvalue weighted by molar-refractivity contribution is 0.202. The summed E-state index contributed by atoms with van der Waals surface area (Å²) in [7, 11) is -1.84. The van der Waals surface area contributed by atoms with Crippen LogP contribution in [0.3, 0.4) is 0 Å². The molecule has 0 fully saturated rings. The molecule has 2 aromatic rings. The van der Waals surface area contributed by atoms with Gasteiger partial charge in [0.05, 0.1) is 11.5 Å². The minimum Gasteiger partial charge on any atom is -0.399 e. The van der Waals surface area contributed by atoms with Crippen LogP contribution in [-0.4, -0.2) is 28.7 Å². The zero-order chi connectivity index (χ0) is 16.7. The first-order valence-electron chi connectivity index (χ1n) is 7.43. The maximum Gasteiger partial charge on any atom is 0.240 e. The number of rotatable bonds is 8. The van der Waals surface area contributed by atoms with Gasteiger partial charge in [0.25, 0.3) is 0 Å². The van der Waals surface area contributed by atoms with E-state index in [-0.39, 0.29) is 17.3 Å². The second-order valence-electron chi connectivity index (χ2n) is 5.28. The van der Waals surface area contributed by atoms with Gasteiger partial charge in [0.1, 0.15) is 0 Å². The Kier molecular flexibility index (Phi) is 8.21. The Hall–Kier alpha value is -1.60. The van der Waals surface area contributed by atoms with E-state index >= 15 is 0 Å². The third-order valence-electron chi connectivity index (χ3n) is 3.51. The minimum atomic E-state index is -3.48. The fourth-order valence-electron chi connectivity index (χ4n) is 2.15. The molecule has 0 radical (unpaired) electrons. The van der Waals surface area contributed by atoms with E-state index in [1.165, 1.54) is 0 Å². The van der Waals surface area contributed by atoms with Crippen molar-refractivity contribution in [1.82, 2.24) is 4.72 Å². The molecule has 2 rings (SSSR count). The second kappa shape index (κ2) is 9.64. The van der Waals surface area contributed by atoms with E-state index in [1.54, 1.807) is 19.2 Å². The molecule has 0 aliphatic heterocycles. The number of benzene rings is 2. The molecule has 0 heterocycles. The highest BCUT2D eigenvalue weighted by atomic mass is 35.5. The largest absolute Gasteiger partial charge is 0.399 e. The average molecular weight is 371 g/mol. The number of nitrogens with two attached hydrogens (primary N) is 1. The van der Waals surface area contributed by atoms with Crippen LogP contribution in [0.2, 0.25) is 0 Å². The number of ether oxygens (including phenoxy) is 1. The molecule has 3 N–H and O–H groups in total. The van der Waals surface area contributed by atoms with Gasteiger partial charge >= 0.3 is 0 Å². The first-order valence-corrected chi connectivity index (χ1v) is 8.91. The number of hydrogen-bond donors (Lipinski definition) is 2. The van der Waals surface area contributed by atoms with Crippen molar-refractivity contribution in [3.63, 3.8) is 0 Å². The number of methoxy groups -OCH3 is 1. The van der Waals surface area contributed by atoms with Gasteiger partial charge in [-0.25, -0.2) is 13.1 Å². The standard InChI is InChI=1S/C17H22N2O3S.ClH/c1-22-13-11-15-4-8-17(9-5-15)23(20,21)19-12-10-14-2-6-16(18)7-3-14;/h2-9,19H,10-13,18H2,1H3;1H. The van der Waals surface area contributed by atoms with Crippen LogP contribution < -0.4 is 10.5 Å². The van der Waals surface area contributed by atoms with Gasteiger partial charge in [0, 0.05) is 19.3 Å². The summed E-state index contributed by atoms with van der Waals surface area (Å²) in [6.07, 6.45) is 1.38. The maximum absolute atomic E-state index is 12.2. The van der Waals surface area contributed by atoms with Gasteiger partial charge in [-0.05, 0) is 48.2 Å². The van der Waals surface area contributed by atoms with Crippen molar-refractivity contribution in [3.05, 3.63) is 59.7 Å². The minimum absolute atomic E-state index is 0. The number of halogens is 1. The number of nitrogen functional groups attached to an aromatic ring is 1. The Balaban J connectivity index is 0.00000288. The van der Waals surface area contributed by atoms with Crippen molar-refractivity contribution >= 4 is 28.1 Å². The molecule has 0 saturated heterocycles. The van der Waals surface area contributed by atoms with Gasteiger partial charge in [-0.3, -0.25) is 0 Å². The maximum atomic E-state index is 12.2. The van der Waals surface area contributed by atoms with Gasteiger partial charge < -0.3 is 10.5 Å². The summed E-state index contributed by atoms with van der Waals surface area (Å²) in [6.45, 7) is 0.962. The molecule has 0 amide bonds. The van der Waals surface area contributed by atoms with E-state index in [9.17, 15) is 8.42 Å². The molecule has 0 atom stereocenters.